The lowest BCUT2D eigenvalue weighted by molar-refractivity contribution is -0.0886. The number of hydrogen-bond acceptors (Lipinski definition) is 0. The van der Waals surface area contributed by atoms with E-state index in [0.717, 1.165) is 35.5 Å². The third kappa shape index (κ3) is 5.04. The maximum Gasteiger partial charge on any atom is 0.00683 e. The van der Waals surface area contributed by atoms with Crippen molar-refractivity contribution in [3.63, 3.8) is 0 Å². The number of allylic oxidation sites excluding steroid dienone is 4. The summed E-state index contributed by atoms with van der Waals surface area (Å²) in [5.41, 5.74) is 9.14. The van der Waals surface area contributed by atoms with Crippen LogP contribution >= 0.6 is 0 Å². The van der Waals surface area contributed by atoms with Crippen molar-refractivity contribution in [2.45, 2.75) is 177 Å². The summed E-state index contributed by atoms with van der Waals surface area (Å²) in [6, 6.07) is 0. The van der Waals surface area contributed by atoms with Crippen molar-refractivity contribution in [2.75, 3.05) is 0 Å². The standard InChI is InChI=1S/C40H68/c1-9-11-26-39(32-20-15-16-21-32)36(31-18-17-19-31)35(30-24-25-30)37(38(6,7)8)34(27-28(3)4)40(39,29(5)10-2)33-22-13-12-14-23-33/h28-33H,9-27H2,1-8H3. The zero-order valence-corrected chi connectivity index (χ0v) is 28.4. The molecule has 0 heteroatoms. The Kier molecular flexibility index (Phi) is 9.45. The summed E-state index contributed by atoms with van der Waals surface area (Å²) in [7, 11) is 0. The molecule has 0 N–H and O–H groups in total. The maximum absolute atomic E-state index is 2.78. The minimum Gasteiger partial charge on any atom is -0.0654 e. The summed E-state index contributed by atoms with van der Waals surface area (Å²) < 4.78 is 0. The fraction of sp³-hybridized carbons (Fsp3) is 0.900. The van der Waals surface area contributed by atoms with Crippen molar-refractivity contribution < 1.29 is 0 Å². The molecule has 228 valence electrons. The molecule has 4 fully saturated rings. The van der Waals surface area contributed by atoms with E-state index in [0.29, 0.717) is 10.8 Å². The van der Waals surface area contributed by atoms with Crippen molar-refractivity contribution in [3.05, 3.63) is 22.3 Å². The summed E-state index contributed by atoms with van der Waals surface area (Å²) in [4.78, 5) is 0. The molecule has 0 heterocycles. The summed E-state index contributed by atoms with van der Waals surface area (Å²) in [6.45, 7) is 20.9. The van der Waals surface area contributed by atoms with Gasteiger partial charge in [0.2, 0.25) is 0 Å². The third-order valence-electron chi connectivity index (χ3n) is 13.1. The average molecular weight is 549 g/mol. The Bertz CT molecular complexity index is 918. The Morgan fingerprint density at radius 3 is 1.80 bits per heavy atom. The predicted octanol–water partition coefficient (Wildman–Crippen LogP) is 12.9. The van der Waals surface area contributed by atoms with Crippen molar-refractivity contribution in [3.8, 4) is 0 Å². The summed E-state index contributed by atoms with van der Waals surface area (Å²) in [5, 5.41) is 0. The van der Waals surface area contributed by atoms with Crippen LogP contribution in [0, 0.1) is 51.8 Å². The Morgan fingerprint density at radius 2 is 1.32 bits per heavy atom. The molecule has 0 aromatic heterocycles. The van der Waals surface area contributed by atoms with E-state index in [2.05, 4.69) is 61.0 Å². The summed E-state index contributed by atoms with van der Waals surface area (Å²) in [6.07, 6.45) is 27.9. The second-order valence-corrected chi connectivity index (χ2v) is 17.0. The fourth-order valence-electron chi connectivity index (χ4n) is 11.5. The summed E-state index contributed by atoms with van der Waals surface area (Å²) >= 11 is 0. The lowest BCUT2D eigenvalue weighted by atomic mass is 9.35. The molecule has 5 aliphatic carbocycles. The van der Waals surface area contributed by atoms with Crippen LogP contribution in [0.3, 0.4) is 0 Å². The van der Waals surface area contributed by atoms with Gasteiger partial charge in [-0.2, -0.15) is 0 Å². The lowest BCUT2D eigenvalue weighted by Gasteiger charge is -2.68. The number of hydrogen-bond donors (Lipinski definition) is 0. The van der Waals surface area contributed by atoms with E-state index >= 15 is 0 Å². The molecule has 0 saturated heterocycles. The highest BCUT2D eigenvalue weighted by Crippen LogP contribution is 2.76. The zero-order chi connectivity index (χ0) is 28.7. The van der Waals surface area contributed by atoms with Crippen LogP contribution in [0.25, 0.3) is 0 Å². The molecule has 0 aromatic carbocycles. The van der Waals surface area contributed by atoms with E-state index in [1.165, 1.54) is 122 Å². The van der Waals surface area contributed by atoms with Crippen molar-refractivity contribution in [1.29, 1.82) is 0 Å². The van der Waals surface area contributed by atoms with Crippen LogP contribution in [0.5, 0.6) is 0 Å². The molecule has 0 spiro atoms. The predicted molar refractivity (Wildman–Crippen MR) is 175 cm³/mol. The molecule has 40 heavy (non-hydrogen) atoms. The summed E-state index contributed by atoms with van der Waals surface area (Å²) in [5.74, 6) is 5.07. The van der Waals surface area contributed by atoms with Crippen molar-refractivity contribution in [2.24, 2.45) is 51.8 Å². The van der Waals surface area contributed by atoms with E-state index < -0.39 is 0 Å². The minimum absolute atomic E-state index is 0.233. The topological polar surface area (TPSA) is 0 Å². The maximum atomic E-state index is 2.78. The zero-order valence-electron chi connectivity index (χ0n) is 28.4. The van der Waals surface area contributed by atoms with Crippen molar-refractivity contribution in [1.82, 2.24) is 0 Å². The number of unbranched alkanes of at least 4 members (excludes halogenated alkanes) is 1. The number of rotatable bonds is 11. The molecule has 0 aliphatic heterocycles. The Labute approximate surface area is 251 Å². The molecule has 5 aliphatic rings. The highest BCUT2D eigenvalue weighted by Gasteiger charge is 2.67. The normalized spacial score (nSPS) is 32.3. The quantitative estimate of drug-likeness (QED) is 0.241. The molecule has 3 unspecified atom stereocenters. The first kappa shape index (κ1) is 30.9. The van der Waals surface area contributed by atoms with Crippen LogP contribution < -0.4 is 0 Å². The monoisotopic (exact) mass is 549 g/mol. The van der Waals surface area contributed by atoms with Crippen LogP contribution in [0.2, 0.25) is 0 Å². The third-order valence-corrected chi connectivity index (χ3v) is 13.1. The van der Waals surface area contributed by atoms with E-state index in [-0.39, 0.29) is 5.41 Å². The molecular formula is C40H68. The van der Waals surface area contributed by atoms with Gasteiger partial charge >= 0.3 is 0 Å². The smallest absolute Gasteiger partial charge is 0.00683 e. The molecule has 0 aromatic rings. The van der Waals surface area contributed by atoms with Gasteiger partial charge in [-0.3, -0.25) is 0 Å². The molecule has 4 saturated carbocycles. The van der Waals surface area contributed by atoms with E-state index in [1.54, 1.807) is 0 Å². The Morgan fingerprint density at radius 1 is 0.725 bits per heavy atom. The van der Waals surface area contributed by atoms with Gasteiger partial charge in [0.25, 0.3) is 0 Å². The highest BCUT2D eigenvalue weighted by atomic mass is 14.7. The molecule has 0 radical (unpaired) electrons. The second-order valence-electron chi connectivity index (χ2n) is 17.0. The van der Waals surface area contributed by atoms with Gasteiger partial charge in [-0.25, -0.2) is 0 Å². The average Bonchev–Trinajstić information content (AvgIpc) is 3.58. The van der Waals surface area contributed by atoms with Gasteiger partial charge in [0, 0.05) is 10.8 Å². The first-order valence-corrected chi connectivity index (χ1v) is 18.6. The molecule has 5 rings (SSSR count). The van der Waals surface area contributed by atoms with Crippen LogP contribution in [-0.4, -0.2) is 0 Å². The van der Waals surface area contributed by atoms with Gasteiger partial charge in [0.15, 0.2) is 0 Å². The van der Waals surface area contributed by atoms with E-state index in [1.807, 2.05) is 16.7 Å². The van der Waals surface area contributed by atoms with Crippen LogP contribution in [0.15, 0.2) is 22.3 Å². The van der Waals surface area contributed by atoms with Gasteiger partial charge in [0.05, 0.1) is 0 Å². The first-order valence-electron chi connectivity index (χ1n) is 18.6. The van der Waals surface area contributed by atoms with Crippen LogP contribution in [0.4, 0.5) is 0 Å². The van der Waals surface area contributed by atoms with Gasteiger partial charge in [0.1, 0.15) is 0 Å². The molecule has 0 bridgehead atoms. The molecule has 0 nitrogen and oxygen atoms in total. The molecule has 0 amide bonds. The first-order chi connectivity index (χ1) is 19.1. The molecule has 3 atom stereocenters. The van der Waals surface area contributed by atoms with Crippen LogP contribution in [-0.2, 0) is 0 Å². The second kappa shape index (κ2) is 12.2. The van der Waals surface area contributed by atoms with E-state index in [9.17, 15) is 0 Å². The Balaban J connectivity index is 1.96. The fourth-order valence-corrected chi connectivity index (χ4v) is 11.5. The van der Waals surface area contributed by atoms with Crippen molar-refractivity contribution >= 4 is 0 Å². The highest BCUT2D eigenvalue weighted by molar-refractivity contribution is 5.57. The molecular weight excluding hydrogens is 480 g/mol. The van der Waals surface area contributed by atoms with E-state index in [4.69, 9.17) is 0 Å². The SMILES string of the molecule is CCCCC1(C2CCCC2)C(C2CCC2)=C(C2CC2)C(C(C)(C)C)=C(CC(C)C)C1(C(C)CC)C1CCCCC1. The minimum atomic E-state index is 0.233. The van der Waals surface area contributed by atoms with Crippen LogP contribution in [0.1, 0.15) is 177 Å². The van der Waals surface area contributed by atoms with Gasteiger partial charge in [-0.05, 0) is 116 Å². The van der Waals surface area contributed by atoms with Gasteiger partial charge < -0.3 is 0 Å². The lowest BCUT2D eigenvalue weighted by Crippen LogP contribution is -2.61. The van der Waals surface area contributed by atoms with Gasteiger partial charge in [-0.1, -0.05) is 124 Å². The largest absolute Gasteiger partial charge is 0.0654 e. The Hall–Kier alpha value is -0.520. The van der Waals surface area contributed by atoms with Gasteiger partial charge in [-0.15, -0.1) is 0 Å².